The van der Waals surface area contributed by atoms with Crippen molar-refractivity contribution in [3.8, 4) is 0 Å². The van der Waals surface area contributed by atoms with Gasteiger partial charge in [-0.3, -0.25) is 4.90 Å². The van der Waals surface area contributed by atoms with Crippen molar-refractivity contribution in [1.29, 1.82) is 0 Å². The minimum absolute atomic E-state index is 0.0147. The number of hydrogen-bond acceptors (Lipinski definition) is 4. The standard InChI is InChI=1S/C16H21F2N3O3S/c1-19(2)16(22)21-7-6-20(14-9-25(23,24)10-15(14)21)8-11-12(17)4-3-5-13(11)18/h3-5,14-15H,6-10H2,1-2H3. The number of halogens is 2. The molecule has 0 aromatic heterocycles. The van der Waals surface area contributed by atoms with Gasteiger partial charge in [0.1, 0.15) is 11.6 Å². The van der Waals surface area contributed by atoms with E-state index in [4.69, 9.17) is 0 Å². The van der Waals surface area contributed by atoms with E-state index in [2.05, 4.69) is 0 Å². The van der Waals surface area contributed by atoms with Crippen LogP contribution in [0.5, 0.6) is 0 Å². The summed E-state index contributed by atoms with van der Waals surface area (Å²) in [6, 6.07) is 2.47. The van der Waals surface area contributed by atoms with Crippen molar-refractivity contribution < 1.29 is 22.0 Å². The Labute approximate surface area is 145 Å². The Kier molecular flexibility index (Phi) is 4.72. The van der Waals surface area contributed by atoms with Gasteiger partial charge in [-0.15, -0.1) is 0 Å². The summed E-state index contributed by atoms with van der Waals surface area (Å²) in [5, 5.41) is 0. The molecule has 2 aliphatic heterocycles. The first-order valence-corrected chi connectivity index (χ1v) is 9.87. The molecule has 0 aliphatic carbocycles. The second-order valence-electron chi connectivity index (χ2n) is 6.75. The first kappa shape index (κ1) is 18.1. The minimum atomic E-state index is -3.31. The molecule has 0 radical (unpaired) electrons. The third kappa shape index (κ3) is 3.48. The van der Waals surface area contributed by atoms with Crippen LogP contribution in [0.25, 0.3) is 0 Å². The quantitative estimate of drug-likeness (QED) is 0.774. The maximum Gasteiger partial charge on any atom is 0.319 e. The number of hydrogen-bond donors (Lipinski definition) is 0. The van der Waals surface area contributed by atoms with Gasteiger partial charge in [-0.2, -0.15) is 0 Å². The molecule has 0 spiro atoms. The highest BCUT2D eigenvalue weighted by Crippen LogP contribution is 2.29. The highest BCUT2D eigenvalue weighted by atomic mass is 32.2. The second-order valence-corrected chi connectivity index (χ2v) is 8.91. The number of rotatable bonds is 2. The van der Waals surface area contributed by atoms with E-state index < -0.39 is 33.6 Å². The topological polar surface area (TPSA) is 60.9 Å². The fraction of sp³-hybridized carbons (Fsp3) is 0.562. The zero-order valence-electron chi connectivity index (χ0n) is 14.2. The van der Waals surface area contributed by atoms with Crippen molar-refractivity contribution in [1.82, 2.24) is 14.7 Å². The summed E-state index contributed by atoms with van der Waals surface area (Å²) < 4.78 is 52.2. The average Bonchev–Trinajstić information content (AvgIpc) is 2.85. The van der Waals surface area contributed by atoms with Crippen molar-refractivity contribution in [3.63, 3.8) is 0 Å². The maximum atomic E-state index is 14.0. The van der Waals surface area contributed by atoms with E-state index in [1.807, 2.05) is 0 Å². The highest BCUT2D eigenvalue weighted by Gasteiger charge is 2.48. The van der Waals surface area contributed by atoms with Crippen LogP contribution in [0.3, 0.4) is 0 Å². The van der Waals surface area contributed by atoms with E-state index in [0.717, 1.165) is 0 Å². The van der Waals surface area contributed by atoms with Crippen LogP contribution in [0.4, 0.5) is 13.6 Å². The van der Waals surface area contributed by atoms with Crippen LogP contribution in [0.1, 0.15) is 5.56 Å². The Balaban J connectivity index is 1.87. The molecule has 2 atom stereocenters. The van der Waals surface area contributed by atoms with Crippen LogP contribution < -0.4 is 0 Å². The maximum absolute atomic E-state index is 14.0. The van der Waals surface area contributed by atoms with Gasteiger partial charge in [-0.05, 0) is 12.1 Å². The minimum Gasteiger partial charge on any atom is -0.331 e. The van der Waals surface area contributed by atoms with Gasteiger partial charge in [0.05, 0.1) is 17.5 Å². The Morgan fingerprint density at radius 3 is 2.36 bits per heavy atom. The molecule has 1 aromatic carbocycles. The lowest BCUT2D eigenvalue weighted by molar-refractivity contribution is 0.0508. The lowest BCUT2D eigenvalue weighted by Gasteiger charge is -2.44. The van der Waals surface area contributed by atoms with Crippen LogP contribution in [0.15, 0.2) is 18.2 Å². The van der Waals surface area contributed by atoms with Crippen molar-refractivity contribution in [3.05, 3.63) is 35.4 Å². The van der Waals surface area contributed by atoms with Crippen molar-refractivity contribution >= 4 is 15.9 Å². The molecule has 0 N–H and O–H groups in total. The predicted molar refractivity (Wildman–Crippen MR) is 88.8 cm³/mol. The first-order chi connectivity index (χ1) is 11.7. The molecule has 6 nitrogen and oxygen atoms in total. The summed E-state index contributed by atoms with van der Waals surface area (Å²) in [5.74, 6) is -1.52. The molecular formula is C16H21F2N3O3S. The molecule has 0 bridgehead atoms. The van der Waals surface area contributed by atoms with Crippen LogP contribution >= 0.6 is 0 Å². The zero-order valence-corrected chi connectivity index (χ0v) is 15.0. The lowest BCUT2D eigenvalue weighted by atomic mass is 10.0. The van der Waals surface area contributed by atoms with Gasteiger partial charge in [0.15, 0.2) is 9.84 Å². The summed E-state index contributed by atoms with van der Waals surface area (Å²) in [5.41, 5.74) is -0.0714. The van der Waals surface area contributed by atoms with Gasteiger partial charge in [0.2, 0.25) is 0 Å². The Hall–Kier alpha value is -1.74. The average molecular weight is 373 g/mol. The normalized spacial score (nSPS) is 25.7. The number of urea groups is 1. The molecule has 2 fully saturated rings. The Bertz CT molecular complexity index is 765. The zero-order chi connectivity index (χ0) is 18.4. The van der Waals surface area contributed by atoms with Crippen LogP contribution in [-0.4, -0.2) is 79.9 Å². The number of carbonyl (C=O) groups excluding carboxylic acids is 1. The SMILES string of the molecule is CN(C)C(=O)N1CCN(Cc2c(F)cccc2F)C2CS(=O)(=O)CC21. The molecule has 25 heavy (non-hydrogen) atoms. The van der Waals surface area contributed by atoms with Gasteiger partial charge in [-0.1, -0.05) is 6.07 Å². The van der Waals surface area contributed by atoms with Crippen LogP contribution in [0, 0.1) is 11.6 Å². The van der Waals surface area contributed by atoms with E-state index in [1.165, 1.54) is 23.1 Å². The molecule has 2 saturated heterocycles. The Morgan fingerprint density at radius 1 is 1.16 bits per heavy atom. The van der Waals surface area contributed by atoms with Crippen LogP contribution in [0.2, 0.25) is 0 Å². The van der Waals surface area contributed by atoms with Gasteiger partial charge in [-0.25, -0.2) is 22.0 Å². The number of benzene rings is 1. The first-order valence-electron chi connectivity index (χ1n) is 8.05. The number of carbonyl (C=O) groups is 1. The van der Waals surface area contributed by atoms with E-state index in [-0.39, 0.29) is 29.6 Å². The summed E-state index contributed by atoms with van der Waals surface area (Å²) >= 11 is 0. The Morgan fingerprint density at radius 2 is 1.76 bits per heavy atom. The molecule has 2 aliphatic rings. The number of sulfone groups is 1. The number of fused-ring (bicyclic) bond motifs is 1. The fourth-order valence-corrected chi connectivity index (χ4v) is 5.61. The van der Waals surface area contributed by atoms with E-state index >= 15 is 0 Å². The lowest BCUT2D eigenvalue weighted by Crippen LogP contribution is -2.61. The smallest absolute Gasteiger partial charge is 0.319 e. The monoisotopic (exact) mass is 373 g/mol. The van der Waals surface area contributed by atoms with Crippen molar-refractivity contribution in [2.75, 3.05) is 38.7 Å². The van der Waals surface area contributed by atoms with E-state index in [1.54, 1.807) is 23.9 Å². The number of amides is 2. The molecule has 2 amide bonds. The van der Waals surface area contributed by atoms with E-state index in [0.29, 0.717) is 13.1 Å². The summed E-state index contributed by atoms with van der Waals surface area (Å²) in [4.78, 5) is 17.1. The van der Waals surface area contributed by atoms with Crippen molar-refractivity contribution in [2.24, 2.45) is 0 Å². The molecule has 9 heteroatoms. The molecule has 138 valence electrons. The van der Waals surface area contributed by atoms with Gasteiger partial charge >= 0.3 is 6.03 Å². The molecular weight excluding hydrogens is 352 g/mol. The second kappa shape index (κ2) is 6.53. The van der Waals surface area contributed by atoms with Gasteiger partial charge < -0.3 is 9.80 Å². The summed E-state index contributed by atoms with van der Waals surface area (Å²) in [6.07, 6.45) is 0. The molecule has 3 rings (SSSR count). The summed E-state index contributed by atoms with van der Waals surface area (Å²) in [6.45, 7) is 0.674. The van der Waals surface area contributed by atoms with Crippen molar-refractivity contribution in [2.45, 2.75) is 18.6 Å². The molecule has 0 saturated carbocycles. The number of nitrogens with zero attached hydrogens (tertiary/aromatic N) is 3. The predicted octanol–water partition coefficient (Wildman–Crippen LogP) is 0.930. The van der Waals surface area contributed by atoms with Gasteiger partial charge in [0, 0.05) is 45.3 Å². The number of piperazine rings is 1. The molecule has 2 heterocycles. The third-order valence-electron chi connectivity index (χ3n) is 4.84. The molecule has 1 aromatic rings. The molecule has 2 unspecified atom stereocenters. The summed E-state index contributed by atoms with van der Waals surface area (Å²) in [7, 11) is -0.0820. The van der Waals surface area contributed by atoms with E-state index in [9.17, 15) is 22.0 Å². The fourth-order valence-electron chi connectivity index (χ4n) is 3.60. The van der Waals surface area contributed by atoms with Gasteiger partial charge in [0.25, 0.3) is 0 Å². The highest BCUT2D eigenvalue weighted by molar-refractivity contribution is 7.91. The largest absolute Gasteiger partial charge is 0.331 e. The van der Waals surface area contributed by atoms with Crippen LogP contribution in [-0.2, 0) is 16.4 Å². The third-order valence-corrected chi connectivity index (χ3v) is 6.54.